The molecule has 3 atom stereocenters. The van der Waals surface area contributed by atoms with Gasteiger partial charge in [-0.1, -0.05) is 18.2 Å². The van der Waals surface area contributed by atoms with E-state index in [-0.39, 0.29) is 18.0 Å². The van der Waals surface area contributed by atoms with Crippen LogP contribution in [0.2, 0.25) is 0 Å². The number of nitrogens with two attached hydrogens (primary N) is 1. The van der Waals surface area contributed by atoms with E-state index in [1.165, 1.54) is 29.3 Å². The lowest BCUT2D eigenvalue weighted by Crippen LogP contribution is -2.43. The average Bonchev–Trinajstić information content (AvgIpc) is 3.32. The van der Waals surface area contributed by atoms with Crippen LogP contribution >= 0.6 is 0 Å². The second-order valence-electron chi connectivity index (χ2n) is 12.6. The van der Waals surface area contributed by atoms with Crippen LogP contribution in [0.25, 0.3) is 33.5 Å². The minimum Gasteiger partial charge on any atom is -0.494 e. The van der Waals surface area contributed by atoms with Crippen molar-refractivity contribution in [2.45, 2.75) is 50.7 Å². The van der Waals surface area contributed by atoms with Gasteiger partial charge in [0.2, 0.25) is 0 Å². The number of benzene rings is 2. The van der Waals surface area contributed by atoms with Gasteiger partial charge in [0.15, 0.2) is 5.82 Å². The summed E-state index contributed by atoms with van der Waals surface area (Å²) in [5, 5.41) is 4.70. The highest BCUT2D eigenvalue weighted by atomic mass is 16.5. The zero-order valence-corrected chi connectivity index (χ0v) is 23.4. The smallest absolute Gasteiger partial charge is 0.254 e. The number of aryl methyl sites for hydroxylation is 1. The van der Waals surface area contributed by atoms with Crippen molar-refractivity contribution in [3.05, 3.63) is 47.5 Å². The number of fused-ring (bicyclic) bond motifs is 4. The van der Waals surface area contributed by atoms with Crippen LogP contribution in [0.5, 0.6) is 5.75 Å². The molecular formula is C32H38N6O2. The number of imidazole rings is 1. The molecule has 4 heterocycles. The van der Waals surface area contributed by atoms with E-state index in [0.717, 1.165) is 73.9 Å². The van der Waals surface area contributed by atoms with Crippen molar-refractivity contribution in [2.24, 2.45) is 30.5 Å². The number of likely N-dealkylation sites (tertiary alicyclic amines) is 1. The first-order chi connectivity index (χ1) is 19.5. The predicted molar refractivity (Wildman–Crippen MR) is 157 cm³/mol. The number of hydrogen-bond acceptors (Lipinski definition) is 5. The number of nitrogens with zero attached hydrogens (tertiary/aromatic N) is 4. The summed E-state index contributed by atoms with van der Waals surface area (Å²) in [6.07, 6.45) is 5.79. The molecular weight excluding hydrogens is 500 g/mol. The number of nitrogens with one attached hydrogen (secondary N) is 1. The lowest BCUT2D eigenvalue weighted by atomic mass is 9.93. The van der Waals surface area contributed by atoms with Crippen molar-refractivity contribution in [3.63, 3.8) is 0 Å². The molecule has 1 amide bonds. The third-order valence-corrected chi connectivity index (χ3v) is 10.1. The molecule has 0 spiro atoms. The summed E-state index contributed by atoms with van der Waals surface area (Å²) < 4.78 is 10.5. The fourth-order valence-corrected chi connectivity index (χ4v) is 7.57. The minimum absolute atomic E-state index is 0.0352. The molecule has 2 aromatic carbocycles. The Kier molecular flexibility index (Phi) is 5.55. The molecule has 0 unspecified atom stereocenters. The van der Waals surface area contributed by atoms with Crippen molar-refractivity contribution in [3.8, 4) is 17.3 Å². The number of rotatable bonds is 7. The maximum atomic E-state index is 13.7. The number of carbonyl (C=O) groups is 1. The molecule has 208 valence electrons. The number of carbonyl (C=O) groups excluding carboxylic acids is 1. The van der Waals surface area contributed by atoms with Gasteiger partial charge in [-0.15, -0.1) is 0 Å². The molecule has 40 heavy (non-hydrogen) atoms. The molecule has 8 rings (SSSR count). The summed E-state index contributed by atoms with van der Waals surface area (Å²) >= 11 is 0. The number of amides is 1. The van der Waals surface area contributed by atoms with E-state index >= 15 is 0 Å². The van der Waals surface area contributed by atoms with E-state index in [9.17, 15) is 4.79 Å². The maximum Gasteiger partial charge on any atom is 0.254 e. The number of hydrogen-bond donors (Lipinski definition) is 2. The molecule has 4 fully saturated rings. The van der Waals surface area contributed by atoms with Crippen LogP contribution in [0.15, 0.2) is 36.4 Å². The Morgan fingerprint density at radius 3 is 2.62 bits per heavy atom. The van der Waals surface area contributed by atoms with E-state index < -0.39 is 0 Å². The maximum absolute atomic E-state index is 13.7. The predicted octanol–water partition coefficient (Wildman–Crippen LogP) is 3.94. The number of aromatic nitrogens is 3. The Balaban J connectivity index is 1.24. The molecule has 2 saturated carbocycles. The van der Waals surface area contributed by atoms with E-state index in [4.69, 9.17) is 15.5 Å². The van der Waals surface area contributed by atoms with Gasteiger partial charge < -0.3 is 29.8 Å². The Morgan fingerprint density at radius 2 is 1.95 bits per heavy atom. The van der Waals surface area contributed by atoms with E-state index in [1.54, 1.807) is 7.11 Å². The van der Waals surface area contributed by atoms with Crippen molar-refractivity contribution < 1.29 is 9.53 Å². The SMILES string of the molecule is COc1cc(C(=O)N2C[C@H]3CC[C@@H]2[C@@H]3N)cc2nc(-c3cc4cccc(CC5CNC5)c4n3CC3CC3)n(C)c12. The lowest BCUT2D eigenvalue weighted by Gasteiger charge is -2.27. The molecule has 8 heteroatoms. The second kappa shape index (κ2) is 9.08. The van der Waals surface area contributed by atoms with Crippen molar-refractivity contribution in [2.75, 3.05) is 26.7 Å². The number of ether oxygens (including phenoxy) is 1. The van der Waals surface area contributed by atoms with Crippen LogP contribution in [0, 0.1) is 17.8 Å². The van der Waals surface area contributed by atoms with E-state index in [2.05, 4.69) is 45.8 Å². The quantitative estimate of drug-likeness (QED) is 0.372. The van der Waals surface area contributed by atoms with E-state index in [0.29, 0.717) is 23.1 Å². The summed E-state index contributed by atoms with van der Waals surface area (Å²) in [5.74, 6) is 3.47. The normalized spacial score (nSPS) is 24.4. The van der Waals surface area contributed by atoms with Crippen LogP contribution in [0.4, 0.5) is 0 Å². The zero-order valence-electron chi connectivity index (χ0n) is 23.4. The topological polar surface area (TPSA) is 90.3 Å². The zero-order chi connectivity index (χ0) is 27.1. The van der Waals surface area contributed by atoms with Gasteiger partial charge in [-0.25, -0.2) is 4.98 Å². The Bertz CT molecular complexity index is 1640. The highest BCUT2D eigenvalue weighted by Crippen LogP contribution is 2.41. The van der Waals surface area contributed by atoms with Gasteiger partial charge in [0, 0.05) is 43.2 Å². The van der Waals surface area contributed by atoms with Crippen LogP contribution in [-0.4, -0.2) is 63.8 Å². The first kappa shape index (κ1) is 24.4. The number of piperidine rings is 1. The molecule has 0 radical (unpaired) electrons. The first-order valence-electron chi connectivity index (χ1n) is 14.9. The van der Waals surface area contributed by atoms with Gasteiger partial charge in [-0.05, 0) is 86.7 Å². The highest BCUT2D eigenvalue weighted by molar-refractivity contribution is 6.00. The molecule has 2 aliphatic carbocycles. The minimum atomic E-state index is 0.0352. The molecule has 3 N–H and O–H groups in total. The molecule has 2 saturated heterocycles. The van der Waals surface area contributed by atoms with Gasteiger partial charge in [0.05, 0.1) is 23.8 Å². The largest absolute Gasteiger partial charge is 0.494 e. The molecule has 4 aromatic rings. The van der Waals surface area contributed by atoms with E-state index in [1.807, 2.05) is 17.0 Å². The Morgan fingerprint density at radius 1 is 1.10 bits per heavy atom. The Hall–Kier alpha value is -3.36. The number of para-hydroxylation sites is 1. The first-order valence-corrected chi connectivity index (χ1v) is 14.9. The standard InChI is InChI=1S/C32H38N6O2/c1-36-30-24(11-23(13-27(30)40-2)32(39)38-17-22-8-9-25(38)28(22)33)35-31(36)26-12-21-5-3-4-20(10-19-14-34-15-19)29(21)37(26)16-18-6-7-18/h3-5,11-13,18-19,22,25,28,34H,6-10,14-17,33H2,1-2H3/t22-,25-,28-/m1/s1. The lowest BCUT2D eigenvalue weighted by molar-refractivity contribution is 0.0700. The molecule has 8 nitrogen and oxygen atoms in total. The molecule has 2 bridgehead atoms. The summed E-state index contributed by atoms with van der Waals surface area (Å²) in [6.45, 7) is 3.96. The second-order valence-corrected chi connectivity index (χ2v) is 12.6. The summed E-state index contributed by atoms with van der Waals surface area (Å²) in [7, 11) is 3.74. The molecule has 2 aliphatic heterocycles. The molecule has 4 aliphatic rings. The van der Waals surface area contributed by atoms with Crippen molar-refractivity contribution >= 4 is 27.8 Å². The van der Waals surface area contributed by atoms with Gasteiger partial charge in [-0.2, -0.15) is 0 Å². The van der Waals surface area contributed by atoms with Gasteiger partial charge in [0.1, 0.15) is 11.3 Å². The fraction of sp³-hybridized carbons (Fsp3) is 0.500. The van der Waals surface area contributed by atoms with Gasteiger partial charge >= 0.3 is 0 Å². The average molecular weight is 539 g/mol. The monoisotopic (exact) mass is 538 g/mol. The highest BCUT2D eigenvalue weighted by Gasteiger charge is 2.47. The third-order valence-electron chi connectivity index (χ3n) is 10.1. The van der Waals surface area contributed by atoms with Crippen molar-refractivity contribution in [1.29, 1.82) is 0 Å². The molecule has 2 aromatic heterocycles. The van der Waals surface area contributed by atoms with Crippen LogP contribution < -0.4 is 15.8 Å². The Labute approximate surface area is 234 Å². The van der Waals surface area contributed by atoms with Gasteiger partial charge in [-0.3, -0.25) is 4.79 Å². The summed E-state index contributed by atoms with van der Waals surface area (Å²) in [4.78, 5) is 20.8. The van der Waals surface area contributed by atoms with Crippen LogP contribution in [0.1, 0.15) is 41.6 Å². The van der Waals surface area contributed by atoms with Crippen LogP contribution in [0.3, 0.4) is 0 Å². The fourth-order valence-electron chi connectivity index (χ4n) is 7.57. The third kappa shape index (κ3) is 3.72. The van der Waals surface area contributed by atoms with Crippen LogP contribution in [-0.2, 0) is 20.0 Å². The van der Waals surface area contributed by atoms with Gasteiger partial charge in [0.25, 0.3) is 5.91 Å². The number of methoxy groups -OCH3 is 1. The summed E-state index contributed by atoms with van der Waals surface area (Å²) in [5.41, 5.74) is 12.7. The van der Waals surface area contributed by atoms with Crippen molar-refractivity contribution in [1.82, 2.24) is 24.3 Å². The summed E-state index contributed by atoms with van der Waals surface area (Å²) in [6, 6.07) is 13.1.